The van der Waals surface area contributed by atoms with Crippen LogP contribution in [0, 0.1) is 0 Å². The van der Waals surface area contributed by atoms with Crippen LogP contribution in [0.4, 0.5) is 0 Å². The Morgan fingerprint density at radius 1 is 1.29 bits per heavy atom. The van der Waals surface area contributed by atoms with Gasteiger partial charge in [-0.25, -0.2) is 0 Å². The van der Waals surface area contributed by atoms with Crippen molar-refractivity contribution in [2.45, 2.75) is 34.9 Å². The van der Waals surface area contributed by atoms with E-state index in [0.29, 0.717) is 0 Å². The molecular formula is C6H12Cl2N2O3S. The molecule has 0 saturated heterocycles. The molecule has 1 rings (SSSR count). The summed E-state index contributed by atoms with van der Waals surface area (Å²) in [5, 5.41) is -1.89. The minimum Gasteiger partial charge on any atom is -0.285 e. The Bertz CT molecular complexity index is 285. The molecule has 1 aliphatic carbocycles. The second-order valence-corrected chi connectivity index (χ2v) is 6.15. The fourth-order valence-electron chi connectivity index (χ4n) is 1.57. The molecule has 8 heteroatoms. The molecule has 4 N–H and O–H groups in total. The first-order valence-corrected chi connectivity index (χ1v) is 6.44. The molecular weight excluding hydrogens is 251 g/mol. The second kappa shape index (κ2) is 4.51. The second-order valence-electron chi connectivity index (χ2n) is 3.33. The van der Waals surface area contributed by atoms with Gasteiger partial charge < -0.3 is 0 Å². The van der Waals surface area contributed by atoms with Gasteiger partial charge in [-0.1, -0.05) is 0 Å². The van der Waals surface area contributed by atoms with Crippen molar-refractivity contribution >= 4 is 33.3 Å². The van der Waals surface area contributed by atoms with E-state index in [1.807, 2.05) is 0 Å². The lowest BCUT2D eigenvalue weighted by Gasteiger charge is -2.34. The summed E-state index contributed by atoms with van der Waals surface area (Å²) in [7, 11) is -4.06. The average molecular weight is 263 g/mol. The molecule has 0 heterocycles. The van der Waals surface area contributed by atoms with Gasteiger partial charge in [-0.15, -0.1) is 23.2 Å². The maximum absolute atomic E-state index is 10.9. The highest BCUT2D eigenvalue weighted by Gasteiger charge is 2.40. The summed E-state index contributed by atoms with van der Waals surface area (Å²) in [4.78, 5) is 0. The average Bonchev–Trinajstić information content (AvgIpc) is 2.01. The third kappa shape index (κ3) is 2.71. The smallest absolute Gasteiger partial charge is 0.267 e. The minimum atomic E-state index is -4.06. The zero-order valence-electron chi connectivity index (χ0n) is 7.23. The van der Waals surface area contributed by atoms with Crippen LogP contribution >= 0.6 is 23.2 Å². The maximum atomic E-state index is 10.9. The van der Waals surface area contributed by atoms with Crippen LogP contribution in [0.2, 0.25) is 0 Å². The van der Waals surface area contributed by atoms with Gasteiger partial charge in [0.2, 0.25) is 0 Å². The summed E-state index contributed by atoms with van der Waals surface area (Å²) in [5.74, 6) is 5.21. The molecule has 14 heavy (non-hydrogen) atoms. The lowest BCUT2D eigenvalue weighted by Crippen LogP contribution is -2.53. The van der Waals surface area contributed by atoms with Crippen LogP contribution in [0.1, 0.15) is 12.8 Å². The van der Waals surface area contributed by atoms with Crippen LogP contribution in [0.15, 0.2) is 0 Å². The third-order valence-electron chi connectivity index (χ3n) is 2.37. The number of alkyl halides is 2. The SMILES string of the molecule is NNC1C(Cl)CC(S(=O)(=O)O)CC1Cl. The quantitative estimate of drug-likeness (QED) is 0.284. The topological polar surface area (TPSA) is 92.4 Å². The number of nitrogens with one attached hydrogen (secondary N) is 1. The number of hydrogen-bond donors (Lipinski definition) is 3. The van der Waals surface area contributed by atoms with E-state index < -0.39 is 26.1 Å². The Kier molecular flexibility index (Phi) is 4.02. The summed E-state index contributed by atoms with van der Waals surface area (Å²) in [5.41, 5.74) is 2.44. The number of rotatable bonds is 2. The fraction of sp³-hybridized carbons (Fsp3) is 1.00. The zero-order chi connectivity index (χ0) is 10.9. The largest absolute Gasteiger partial charge is 0.285 e. The summed E-state index contributed by atoms with van der Waals surface area (Å²) in [6.07, 6.45) is 0.303. The Hall–Kier alpha value is 0.410. The predicted octanol–water partition coefficient (Wildman–Crippen LogP) is 0.0833. The molecule has 0 radical (unpaired) electrons. The van der Waals surface area contributed by atoms with Crippen LogP contribution in [0.25, 0.3) is 0 Å². The number of halogens is 2. The molecule has 5 nitrogen and oxygen atoms in total. The number of hydrogen-bond acceptors (Lipinski definition) is 4. The summed E-state index contributed by atoms with van der Waals surface area (Å²) in [6, 6.07) is -0.337. The molecule has 0 aliphatic heterocycles. The molecule has 0 aromatic rings. The minimum absolute atomic E-state index is 0.151. The highest BCUT2D eigenvalue weighted by Crippen LogP contribution is 2.30. The van der Waals surface area contributed by atoms with Crippen molar-refractivity contribution in [1.82, 2.24) is 5.43 Å². The molecule has 1 fully saturated rings. The predicted molar refractivity (Wildman–Crippen MR) is 55.0 cm³/mol. The van der Waals surface area contributed by atoms with E-state index in [1.165, 1.54) is 0 Å². The van der Waals surface area contributed by atoms with E-state index >= 15 is 0 Å². The van der Waals surface area contributed by atoms with E-state index in [4.69, 9.17) is 33.6 Å². The van der Waals surface area contributed by atoms with Crippen LogP contribution in [-0.2, 0) is 10.1 Å². The van der Waals surface area contributed by atoms with Gasteiger partial charge in [0.25, 0.3) is 10.1 Å². The first kappa shape index (κ1) is 12.5. The lowest BCUT2D eigenvalue weighted by atomic mass is 9.94. The molecule has 2 atom stereocenters. The number of hydrazine groups is 1. The van der Waals surface area contributed by atoms with Crippen molar-refractivity contribution in [2.24, 2.45) is 5.84 Å². The molecule has 0 amide bonds. The standard InChI is InChI=1S/C6H12Cl2N2O3S/c7-4-1-3(14(11,12)13)2-5(8)6(4)10-9/h3-6,10H,1-2,9H2,(H,11,12,13). The Morgan fingerprint density at radius 3 is 2.00 bits per heavy atom. The van der Waals surface area contributed by atoms with Gasteiger partial charge in [0.15, 0.2) is 0 Å². The van der Waals surface area contributed by atoms with Gasteiger partial charge >= 0.3 is 0 Å². The normalized spacial score (nSPS) is 39.7. The van der Waals surface area contributed by atoms with E-state index in [-0.39, 0.29) is 18.9 Å². The third-order valence-corrected chi connectivity index (χ3v) is 4.50. The van der Waals surface area contributed by atoms with Gasteiger partial charge in [-0.3, -0.25) is 15.8 Å². The highest BCUT2D eigenvalue weighted by atomic mass is 35.5. The van der Waals surface area contributed by atoms with Crippen LogP contribution in [-0.4, -0.2) is 35.0 Å². The van der Waals surface area contributed by atoms with Gasteiger partial charge in [-0.2, -0.15) is 8.42 Å². The van der Waals surface area contributed by atoms with Crippen molar-refractivity contribution in [1.29, 1.82) is 0 Å². The van der Waals surface area contributed by atoms with Gasteiger partial charge in [0.05, 0.1) is 22.0 Å². The van der Waals surface area contributed by atoms with E-state index in [9.17, 15) is 8.42 Å². The van der Waals surface area contributed by atoms with Crippen LogP contribution in [0.5, 0.6) is 0 Å². The Labute approximate surface area is 92.7 Å². The van der Waals surface area contributed by atoms with Crippen molar-refractivity contribution in [3.05, 3.63) is 0 Å². The molecule has 0 spiro atoms. The monoisotopic (exact) mass is 262 g/mol. The first-order chi connectivity index (χ1) is 6.36. The van der Waals surface area contributed by atoms with E-state index in [0.717, 1.165) is 0 Å². The van der Waals surface area contributed by atoms with Crippen molar-refractivity contribution in [3.63, 3.8) is 0 Å². The van der Waals surface area contributed by atoms with Gasteiger partial charge in [0, 0.05) is 0 Å². The molecule has 0 aromatic heterocycles. The van der Waals surface area contributed by atoms with Crippen molar-refractivity contribution < 1.29 is 13.0 Å². The molecule has 1 saturated carbocycles. The Morgan fingerprint density at radius 2 is 1.71 bits per heavy atom. The summed E-state index contributed by atoms with van der Waals surface area (Å²) < 4.78 is 30.6. The lowest BCUT2D eigenvalue weighted by molar-refractivity contribution is 0.371. The summed E-state index contributed by atoms with van der Waals surface area (Å²) >= 11 is 11.8. The van der Waals surface area contributed by atoms with E-state index in [1.54, 1.807) is 0 Å². The molecule has 0 aromatic carbocycles. The van der Waals surface area contributed by atoms with Gasteiger partial charge in [0.1, 0.15) is 0 Å². The molecule has 0 bridgehead atoms. The van der Waals surface area contributed by atoms with Crippen LogP contribution < -0.4 is 11.3 Å². The fourth-order valence-corrected chi connectivity index (χ4v) is 3.68. The van der Waals surface area contributed by atoms with Gasteiger partial charge in [-0.05, 0) is 12.8 Å². The highest BCUT2D eigenvalue weighted by molar-refractivity contribution is 7.86. The molecule has 2 unspecified atom stereocenters. The van der Waals surface area contributed by atoms with E-state index in [2.05, 4.69) is 5.43 Å². The van der Waals surface area contributed by atoms with Crippen molar-refractivity contribution in [2.75, 3.05) is 0 Å². The first-order valence-electron chi connectivity index (χ1n) is 4.07. The molecule has 1 aliphatic rings. The zero-order valence-corrected chi connectivity index (χ0v) is 9.56. The van der Waals surface area contributed by atoms with Crippen LogP contribution in [0.3, 0.4) is 0 Å². The molecule has 84 valence electrons. The van der Waals surface area contributed by atoms with Crippen molar-refractivity contribution in [3.8, 4) is 0 Å². The number of nitrogens with two attached hydrogens (primary N) is 1. The summed E-state index contributed by atoms with van der Waals surface area (Å²) in [6.45, 7) is 0. The Balaban J connectivity index is 2.75. The maximum Gasteiger partial charge on any atom is 0.267 e.